The Balaban J connectivity index is 1.69. The Kier molecular flexibility index (Phi) is 5.68. The van der Waals surface area contributed by atoms with Crippen LogP contribution in [-0.4, -0.2) is 11.0 Å². The molecule has 0 saturated carbocycles. The Morgan fingerprint density at radius 1 is 1.19 bits per heavy atom. The van der Waals surface area contributed by atoms with Crippen LogP contribution in [0.25, 0.3) is 11.0 Å². The number of hydrazine groups is 1. The van der Waals surface area contributed by atoms with E-state index < -0.39 is 5.91 Å². The van der Waals surface area contributed by atoms with Crippen molar-refractivity contribution in [2.45, 2.75) is 27.2 Å². The molecule has 1 amide bonds. The van der Waals surface area contributed by atoms with Gasteiger partial charge < -0.3 is 9.73 Å². The number of halogens is 1. The lowest BCUT2D eigenvalue weighted by molar-refractivity contribution is 0.0917. The van der Waals surface area contributed by atoms with Gasteiger partial charge in [0.05, 0.1) is 0 Å². The topological polar surface area (TPSA) is 66.3 Å². The monoisotopic (exact) mass is 401 g/mol. The van der Waals surface area contributed by atoms with Crippen molar-refractivity contribution < 1.29 is 9.21 Å². The number of benzene rings is 2. The van der Waals surface area contributed by atoms with Gasteiger partial charge in [-0.3, -0.25) is 15.6 Å². The molecule has 0 unspecified atom stereocenters. The van der Waals surface area contributed by atoms with Gasteiger partial charge in [-0.25, -0.2) is 0 Å². The number of aryl methyl sites for hydroxylation is 3. The fourth-order valence-corrected chi connectivity index (χ4v) is 3.25. The van der Waals surface area contributed by atoms with Crippen LogP contribution in [0.5, 0.6) is 0 Å². The second-order valence-corrected chi connectivity index (χ2v) is 7.04. The normalized spacial score (nSPS) is 10.7. The van der Waals surface area contributed by atoms with E-state index in [-0.39, 0.29) is 5.76 Å². The molecule has 1 heterocycles. The zero-order chi connectivity index (χ0) is 19.6. The second kappa shape index (κ2) is 7.98. The van der Waals surface area contributed by atoms with E-state index in [0.29, 0.717) is 15.7 Å². The number of carbonyl (C=O) groups excluding carboxylic acids is 1. The predicted molar refractivity (Wildman–Crippen MR) is 113 cm³/mol. The molecule has 0 aliphatic rings. The minimum Gasteiger partial charge on any atom is -0.451 e. The third-order valence-corrected chi connectivity index (χ3v) is 4.81. The van der Waals surface area contributed by atoms with Gasteiger partial charge in [0.2, 0.25) is 0 Å². The molecule has 0 fully saturated rings. The third-order valence-electron chi connectivity index (χ3n) is 4.37. The van der Waals surface area contributed by atoms with Gasteiger partial charge in [-0.05, 0) is 61.8 Å². The van der Waals surface area contributed by atoms with Crippen LogP contribution >= 0.6 is 23.8 Å². The maximum absolute atomic E-state index is 12.5. The fraction of sp³-hybridized carbons (Fsp3) is 0.200. The minimum absolute atomic E-state index is 0.215. The standard InChI is InChI=1S/C20H20ClN3O2S/c1-4-13-7-5-6-11(2)17(13)22-20(27)24-23-19(25)18-12(3)15-10-14(21)8-9-16(15)26-18/h5-10H,4H2,1-3H3,(H,23,25)(H2,22,24,27). The number of anilines is 1. The summed E-state index contributed by atoms with van der Waals surface area (Å²) in [4.78, 5) is 12.5. The van der Waals surface area contributed by atoms with E-state index in [2.05, 4.69) is 23.1 Å². The number of thiocarbonyl (C=S) groups is 1. The lowest BCUT2D eigenvalue weighted by Crippen LogP contribution is -2.44. The largest absolute Gasteiger partial charge is 0.451 e. The molecule has 3 aromatic rings. The average molecular weight is 402 g/mol. The lowest BCUT2D eigenvalue weighted by atomic mass is 10.1. The van der Waals surface area contributed by atoms with Crippen LogP contribution in [-0.2, 0) is 6.42 Å². The van der Waals surface area contributed by atoms with Crippen LogP contribution in [0.15, 0.2) is 40.8 Å². The highest BCUT2D eigenvalue weighted by Crippen LogP contribution is 2.27. The minimum atomic E-state index is -0.413. The molecule has 0 bridgehead atoms. The van der Waals surface area contributed by atoms with Gasteiger partial charge in [0.15, 0.2) is 10.9 Å². The molecular formula is C20H20ClN3O2S. The van der Waals surface area contributed by atoms with Gasteiger partial charge in [0.25, 0.3) is 0 Å². The first-order valence-corrected chi connectivity index (χ1v) is 9.33. The van der Waals surface area contributed by atoms with Crippen molar-refractivity contribution in [2.24, 2.45) is 0 Å². The van der Waals surface area contributed by atoms with E-state index in [0.717, 1.165) is 34.2 Å². The SMILES string of the molecule is CCc1cccc(C)c1NC(=S)NNC(=O)c1oc2ccc(Cl)cc2c1C. The summed E-state index contributed by atoms with van der Waals surface area (Å²) in [5.74, 6) is -0.197. The van der Waals surface area contributed by atoms with E-state index in [1.807, 2.05) is 32.0 Å². The van der Waals surface area contributed by atoms with Crippen molar-refractivity contribution in [2.75, 3.05) is 5.32 Å². The Labute approximate surface area is 168 Å². The quantitative estimate of drug-likeness (QED) is 0.430. The summed E-state index contributed by atoms with van der Waals surface area (Å²) in [6.07, 6.45) is 0.875. The number of hydrogen-bond donors (Lipinski definition) is 3. The predicted octanol–water partition coefficient (Wildman–Crippen LogP) is 4.90. The molecule has 0 radical (unpaired) electrons. The molecule has 5 nitrogen and oxygen atoms in total. The number of amides is 1. The summed E-state index contributed by atoms with van der Waals surface area (Å²) in [5, 5.41) is 4.83. The average Bonchev–Trinajstić information content (AvgIpc) is 2.97. The van der Waals surface area contributed by atoms with E-state index >= 15 is 0 Å². The first-order valence-electron chi connectivity index (χ1n) is 8.55. The van der Waals surface area contributed by atoms with Crippen molar-refractivity contribution in [3.8, 4) is 0 Å². The lowest BCUT2D eigenvalue weighted by Gasteiger charge is -2.16. The molecular weight excluding hydrogens is 382 g/mol. The first kappa shape index (κ1) is 19.2. The fourth-order valence-electron chi connectivity index (χ4n) is 2.93. The van der Waals surface area contributed by atoms with Crippen LogP contribution in [0.4, 0.5) is 5.69 Å². The maximum atomic E-state index is 12.5. The Bertz CT molecular complexity index is 1030. The highest BCUT2D eigenvalue weighted by atomic mass is 35.5. The maximum Gasteiger partial charge on any atom is 0.305 e. The van der Waals surface area contributed by atoms with Crippen LogP contribution in [0.2, 0.25) is 5.02 Å². The summed E-state index contributed by atoms with van der Waals surface area (Å²) in [5.41, 5.74) is 9.80. The van der Waals surface area contributed by atoms with Gasteiger partial charge in [-0.15, -0.1) is 0 Å². The molecule has 3 rings (SSSR count). The second-order valence-electron chi connectivity index (χ2n) is 6.19. The molecule has 0 aliphatic heterocycles. The molecule has 140 valence electrons. The van der Waals surface area contributed by atoms with Gasteiger partial charge in [-0.1, -0.05) is 36.7 Å². The van der Waals surface area contributed by atoms with Gasteiger partial charge in [-0.2, -0.15) is 0 Å². The smallest absolute Gasteiger partial charge is 0.305 e. The Morgan fingerprint density at radius 2 is 1.96 bits per heavy atom. The zero-order valence-electron chi connectivity index (χ0n) is 15.3. The number of carbonyl (C=O) groups is 1. The number of nitrogens with one attached hydrogen (secondary N) is 3. The Morgan fingerprint density at radius 3 is 2.70 bits per heavy atom. The number of fused-ring (bicyclic) bond motifs is 1. The summed E-state index contributed by atoms with van der Waals surface area (Å²) in [6.45, 7) is 5.90. The van der Waals surface area contributed by atoms with E-state index in [4.69, 9.17) is 28.2 Å². The van der Waals surface area contributed by atoms with Gasteiger partial charge in [0.1, 0.15) is 5.58 Å². The van der Waals surface area contributed by atoms with Crippen molar-refractivity contribution in [1.82, 2.24) is 10.9 Å². The van der Waals surface area contributed by atoms with Crippen molar-refractivity contribution in [1.29, 1.82) is 0 Å². The molecule has 7 heteroatoms. The van der Waals surface area contributed by atoms with Crippen molar-refractivity contribution in [3.63, 3.8) is 0 Å². The molecule has 27 heavy (non-hydrogen) atoms. The highest BCUT2D eigenvalue weighted by Gasteiger charge is 2.18. The van der Waals surface area contributed by atoms with E-state index in [1.165, 1.54) is 0 Å². The van der Waals surface area contributed by atoms with Crippen LogP contribution in [0.3, 0.4) is 0 Å². The summed E-state index contributed by atoms with van der Waals surface area (Å²) < 4.78 is 5.65. The van der Waals surface area contributed by atoms with Crippen LogP contribution < -0.4 is 16.2 Å². The molecule has 0 saturated heterocycles. The van der Waals surface area contributed by atoms with Crippen LogP contribution in [0.1, 0.15) is 34.2 Å². The number of para-hydroxylation sites is 1. The third kappa shape index (κ3) is 4.07. The molecule has 0 atom stereocenters. The summed E-state index contributed by atoms with van der Waals surface area (Å²) in [7, 11) is 0. The summed E-state index contributed by atoms with van der Waals surface area (Å²) in [6, 6.07) is 11.3. The Hall–Kier alpha value is -2.57. The highest BCUT2D eigenvalue weighted by molar-refractivity contribution is 7.80. The number of hydrogen-bond acceptors (Lipinski definition) is 3. The van der Waals surface area contributed by atoms with Gasteiger partial charge >= 0.3 is 5.91 Å². The van der Waals surface area contributed by atoms with E-state index in [1.54, 1.807) is 18.2 Å². The molecule has 2 aromatic carbocycles. The molecule has 3 N–H and O–H groups in total. The van der Waals surface area contributed by atoms with Gasteiger partial charge in [0, 0.05) is 21.7 Å². The van der Waals surface area contributed by atoms with Crippen LogP contribution in [0, 0.1) is 13.8 Å². The number of rotatable bonds is 3. The van der Waals surface area contributed by atoms with Crippen molar-refractivity contribution >= 4 is 51.5 Å². The molecule has 0 spiro atoms. The number of furan rings is 1. The summed E-state index contributed by atoms with van der Waals surface area (Å²) >= 11 is 11.3. The van der Waals surface area contributed by atoms with Crippen molar-refractivity contribution in [3.05, 3.63) is 63.9 Å². The molecule has 1 aromatic heterocycles. The first-order chi connectivity index (χ1) is 12.9. The zero-order valence-corrected chi connectivity index (χ0v) is 16.8. The molecule has 0 aliphatic carbocycles. The van der Waals surface area contributed by atoms with E-state index in [9.17, 15) is 4.79 Å².